The van der Waals surface area contributed by atoms with Crippen molar-refractivity contribution in [1.82, 2.24) is 4.31 Å². The molecule has 4 heteroatoms. The first-order valence-electron chi connectivity index (χ1n) is 5.36. The molecule has 1 aliphatic heterocycles. The van der Waals surface area contributed by atoms with Gasteiger partial charge in [0.05, 0.1) is 4.90 Å². The monoisotopic (exact) mass is 238 g/mol. The molecule has 16 heavy (non-hydrogen) atoms. The minimum Gasteiger partial charge on any atom is -0.236 e. The zero-order valence-corrected chi connectivity index (χ0v) is 11.0. The molecule has 0 radical (unpaired) electrons. The number of hydrogen-bond donors (Lipinski definition) is 1. The number of benzene rings is 1. The summed E-state index contributed by atoms with van der Waals surface area (Å²) in [6.45, 7) is 7.09. The standard InChI is InChI=1S/C12H18N2OS/c1-12(2,3)10-5-6-11-9(7-10)8-14(4)16(11,13)15/h5-7,13H,8H2,1-4H3. The number of hydrogen-bond acceptors (Lipinski definition) is 2. The quantitative estimate of drug-likeness (QED) is 0.742. The molecule has 0 bridgehead atoms. The highest BCUT2D eigenvalue weighted by Crippen LogP contribution is 2.33. The van der Waals surface area contributed by atoms with Crippen LogP contribution in [0, 0.1) is 4.78 Å². The van der Waals surface area contributed by atoms with E-state index in [2.05, 4.69) is 26.8 Å². The molecule has 1 aliphatic rings. The van der Waals surface area contributed by atoms with Crippen molar-refractivity contribution in [2.45, 2.75) is 37.6 Å². The van der Waals surface area contributed by atoms with Crippen molar-refractivity contribution in [2.24, 2.45) is 0 Å². The van der Waals surface area contributed by atoms with Gasteiger partial charge in [-0.25, -0.2) is 13.3 Å². The van der Waals surface area contributed by atoms with Crippen molar-refractivity contribution in [3.8, 4) is 0 Å². The summed E-state index contributed by atoms with van der Waals surface area (Å²) >= 11 is 0. The van der Waals surface area contributed by atoms with Crippen molar-refractivity contribution in [2.75, 3.05) is 7.05 Å². The summed E-state index contributed by atoms with van der Waals surface area (Å²) in [5, 5.41) is 0. The minimum atomic E-state index is -2.71. The van der Waals surface area contributed by atoms with E-state index in [1.54, 1.807) is 11.4 Å². The number of fused-ring (bicyclic) bond motifs is 1. The second-order valence-corrected chi connectivity index (χ2v) is 7.50. The van der Waals surface area contributed by atoms with Gasteiger partial charge in [-0.2, -0.15) is 0 Å². The van der Waals surface area contributed by atoms with Gasteiger partial charge in [0, 0.05) is 13.6 Å². The molecule has 1 atom stereocenters. The van der Waals surface area contributed by atoms with Crippen LogP contribution in [0.5, 0.6) is 0 Å². The van der Waals surface area contributed by atoms with Crippen molar-refractivity contribution >= 4 is 9.92 Å². The van der Waals surface area contributed by atoms with Crippen LogP contribution in [0.15, 0.2) is 23.1 Å². The first kappa shape index (κ1) is 11.6. The summed E-state index contributed by atoms with van der Waals surface area (Å²) in [5.74, 6) is 0. The minimum absolute atomic E-state index is 0.0963. The Morgan fingerprint density at radius 3 is 2.56 bits per heavy atom. The molecule has 1 aromatic rings. The normalized spacial score (nSPS) is 25.8. The molecule has 1 unspecified atom stereocenters. The Bertz CT molecular complexity index is 526. The van der Waals surface area contributed by atoms with Crippen LogP contribution in [0.1, 0.15) is 31.9 Å². The number of rotatable bonds is 0. The zero-order valence-electron chi connectivity index (χ0n) is 10.2. The first-order valence-corrected chi connectivity index (χ1v) is 6.88. The molecule has 1 aromatic carbocycles. The maximum atomic E-state index is 12.1. The Labute approximate surface area is 97.6 Å². The molecule has 88 valence electrons. The average molecular weight is 238 g/mol. The van der Waals surface area contributed by atoms with E-state index in [4.69, 9.17) is 4.78 Å². The largest absolute Gasteiger partial charge is 0.236 e. The predicted octanol–water partition coefficient (Wildman–Crippen LogP) is 2.75. The molecule has 0 saturated heterocycles. The number of nitrogens with one attached hydrogen (secondary N) is 1. The lowest BCUT2D eigenvalue weighted by molar-refractivity contribution is 0.530. The second kappa shape index (κ2) is 3.31. The molecule has 3 nitrogen and oxygen atoms in total. The Hall–Kier alpha value is -0.870. The molecule has 0 amide bonds. The summed E-state index contributed by atoms with van der Waals surface area (Å²) < 4.78 is 21.6. The van der Waals surface area contributed by atoms with E-state index in [-0.39, 0.29) is 5.41 Å². The Balaban J connectivity index is 2.58. The summed E-state index contributed by atoms with van der Waals surface area (Å²) in [7, 11) is -0.971. The average Bonchev–Trinajstić information content (AvgIpc) is 2.36. The summed E-state index contributed by atoms with van der Waals surface area (Å²) in [5.41, 5.74) is 2.37. The Morgan fingerprint density at radius 1 is 1.38 bits per heavy atom. The van der Waals surface area contributed by atoms with Crippen LogP contribution in [0.4, 0.5) is 0 Å². The SMILES string of the molecule is CN1Cc2cc(C(C)(C)C)ccc2S1(=N)=O. The van der Waals surface area contributed by atoms with Gasteiger partial charge in [0.25, 0.3) is 0 Å². The van der Waals surface area contributed by atoms with E-state index < -0.39 is 9.92 Å². The van der Waals surface area contributed by atoms with Crippen LogP contribution < -0.4 is 0 Å². The third-order valence-corrected chi connectivity index (χ3v) is 5.06. The van der Waals surface area contributed by atoms with Gasteiger partial charge in [-0.3, -0.25) is 0 Å². The van der Waals surface area contributed by atoms with Crippen LogP contribution >= 0.6 is 0 Å². The smallest absolute Gasteiger partial charge is 0.137 e. The van der Waals surface area contributed by atoms with Gasteiger partial charge < -0.3 is 0 Å². The van der Waals surface area contributed by atoms with Crippen molar-refractivity contribution in [1.29, 1.82) is 4.78 Å². The van der Waals surface area contributed by atoms with Gasteiger partial charge in [0.15, 0.2) is 0 Å². The fourth-order valence-electron chi connectivity index (χ4n) is 1.94. The lowest BCUT2D eigenvalue weighted by Gasteiger charge is -2.19. The summed E-state index contributed by atoms with van der Waals surface area (Å²) in [6.07, 6.45) is 0. The number of nitrogens with zero attached hydrogens (tertiary/aromatic N) is 1. The highest BCUT2D eigenvalue weighted by molar-refractivity contribution is 7.90. The van der Waals surface area contributed by atoms with Gasteiger partial charge in [-0.05, 0) is 22.6 Å². The van der Waals surface area contributed by atoms with Gasteiger partial charge >= 0.3 is 0 Å². The van der Waals surface area contributed by atoms with E-state index >= 15 is 0 Å². The first-order chi connectivity index (χ1) is 7.23. The van der Waals surface area contributed by atoms with Crippen LogP contribution in [-0.2, 0) is 21.9 Å². The summed E-state index contributed by atoms with van der Waals surface area (Å²) in [6, 6.07) is 5.94. The van der Waals surface area contributed by atoms with E-state index in [0.717, 1.165) is 5.56 Å². The lowest BCUT2D eigenvalue weighted by atomic mass is 9.86. The lowest BCUT2D eigenvalue weighted by Crippen LogP contribution is -2.17. The van der Waals surface area contributed by atoms with Crippen molar-refractivity contribution in [3.63, 3.8) is 0 Å². The van der Waals surface area contributed by atoms with E-state index in [1.165, 1.54) is 5.56 Å². The van der Waals surface area contributed by atoms with E-state index in [1.807, 2.05) is 12.1 Å². The van der Waals surface area contributed by atoms with Crippen molar-refractivity contribution in [3.05, 3.63) is 29.3 Å². The Morgan fingerprint density at radius 2 is 2.00 bits per heavy atom. The van der Waals surface area contributed by atoms with Crippen LogP contribution in [0.2, 0.25) is 0 Å². The van der Waals surface area contributed by atoms with Crippen LogP contribution in [0.3, 0.4) is 0 Å². The highest BCUT2D eigenvalue weighted by atomic mass is 32.2. The topological polar surface area (TPSA) is 44.2 Å². The van der Waals surface area contributed by atoms with Gasteiger partial charge in [-0.1, -0.05) is 32.9 Å². The molecule has 0 saturated carbocycles. The second-order valence-electron chi connectivity index (χ2n) is 5.38. The third-order valence-electron chi connectivity index (χ3n) is 3.06. The van der Waals surface area contributed by atoms with Crippen molar-refractivity contribution < 1.29 is 4.21 Å². The molecule has 0 spiro atoms. The molecular formula is C12H18N2OS. The maximum absolute atomic E-state index is 12.1. The van der Waals surface area contributed by atoms with Crippen LogP contribution in [-0.4, -0.2) is 15.6 Å². The Kier molecular flexibility index (Phi) is 2.40. The fourth-order valence-corrected chi connectivity index (χ4v) is 3.33. The predicted molar refractivity (Wildman–Crippen MR) is 65.7 cm³/mol. The highest BCUT2D eigenvalue weighted by Gasteiger charge is 2.29. The fraction of sp³-hybridized carbons (Fsp3) is 0.500. The maximum Gasteiger partial charge on any atom is 0.137 e. The molecular weight excluding hydrogens is 220 g/mol. The zero-order chi connectivity index (χ0) is 12.1. The molecule has 1 heterocycles. The molecule has 0 aliphatic carbocycles. The van der Waals surface area contributed by atoms with E-state index in [0.29, 0.717) is 11.4 Å². The van der Waals surface area contributed by atoms with Gasteiger partial charge in [0.1, 0.15) is 9.92 Å². The molecule has 0 fully saturated rings. The van der Waals surface area contributed by atoms with Gasteiger partial charge in [-0.15, -0.1) is 0 Å². The molecule has 0 aromatic heterocycles. The van der Waals surface area contributed by atoms with E-state index in [9.17, 15) is 4.21 Å². The third kappa shape index (κ3) is 1.66. The van der Waals surface area contributed by atoms with Gasteiger partial charge in [0.2, 0.25) is 0 Å². The summed E-state index contributed by atoms with van der Waals surface area (Å²) in [4.78, 5) is 0.683. The van der Waals surface area contributed by atoms with Crippen LogP contribution in [0.25, 0.3) is 0 Å². The molecule has 1 N–H and O–H groups in total. The molecule has 2 rings (SSSR count).